The van der Waals surface area contributed by atoms with Gasteiger partial charge in [-0.25, -0.2) is 17.7 Å². The third-order valence-electron chi connectivity index (χ3n) is 5.19. The molecule has 2 saturated heterocycles. The molecule has 2 aliphatic rings. The molecule has 6 nitrogen and oxygen atoms in total. The zero-order valence-corrected chi connectivity index (χ0v) is 14.3. The molecule has 0 aliphatic carbocycles. The van der Waals surface area contributed by atoms with Gasteiger partial charge in [0.15, 0.2) is 0 Å². The summed E-state index contributed by atoms with van der Waals surface area (Å²) in [5.74, 6) is 0.904. The molecule has 2 aliphatic heterocycles. The summed E-state index contributed by atoms with van der Waals surface area (Å²) in [4.78, 5) is 4.19. The van der Waals surface area contributed by atoms with Gasteiger partial charge in [0, 0.05) is 37.9 Å². The van der Waals surface area contributed by atoms with Crippen molar-refractivity contribution < 1.29 is 17.9 Å². The Morgan fingerprint density at radius 3 is 2.78 bits per heavy atom. The van der Waals surface area contributed by atoms with Crippen molar-refractivity contribution in [1.29, 1.82) is 0 Å². The van der Waals surface area contributed by atoms with E-state index in [0.29, 0.717) is 32.2 Å². The molecule has 0 N–H and O–H groups in total. The number of nitrogens with zero attached hydrogens (tertiary/aromatic N) is 2. The molecule has 0 bridgehead atoms. The zero-order valence-electron chi connectivity index (χ0n) is 13.5. The van der Waals surface area contributed by atoms with Crippen LogP contribution in [0.15, 0.2) is 24.4 Å². The van der Waals surface area contributed by atoms with E-state index in [4.69, 9.17) is 9.47 Å². The average molecular weight is 340 g/mol. The lowest BCUT2D eigenvalue weighted by Gasteiger charge is -2.48. The highest BCUT2D eigenvalue weighted by Crippen LogP contribution is 2.45. The second-order valence-electron chi connectivity index (χ2n) is 6.53. The SMILES string of the molecule is CS(=O)(=O)N1CCC2(CCOC[C@@H]2COc2ccccn2)CC1. The van der Waals surface area contributed by atoms with Crippen LogP contribution >= 0.6 is 0 Å². The lowest BCUT2D eigenvalue weighted by atomic mass is 9.66. The number of rotatable bonds is 4. The number of hydrogen-bond acceptors (Lipinski definition) is 5. The number of piperidine rings is 1. The van der Waals surface area contributed by atoms with E-state index in [0.717, 1.165) is 25.9 Å². The van der Waals surface area contributed by atoms with Gasteiger partial charge in [-0.05, 0) is 30.7 Å². The molecule has 128 valence electrons. The number of hydrogen-bond donors (Lipinski definition) is 0. The first-order chi connectivity index (χ1) is 11.0. The van der Waals surface area contributed by atoms with Crippen LogP contribution < -0.4 is 4.74 Å². The maximum Gasteiger partial charge on any atom is 0.213 e. The Labute approximate surface area is 137 Å². The van der Waals surface area contributed by atoms with Crippen LogP contribution in [-0.4, -0.2) is 56.9 Å². The summed E-state index contributed by atoms with van der Waals surface area (Å²) in [5.41, 5.74) is 0.119. The minimum Gasteiger partial charge on any atom is -0.477 e. The summed E-state index contributed by atoms with van der Waals surface area (Å²) in [7, 11) is -3.09. The van der Waals surface area contributed by atoms with Crippen LogP contribution in [0.3, 0.4) is 0 Å². The quantitative estimate of drug-likeness (QED) is 0.832. The summed E-state index contributed by atoms with van der Waals surface area (Å²) in [6.45, 7) is 3.18. The minimum atomic E-state index is -3.09. The topological polar surface area (TPSA) is 68.7 Å². The number of pyridine rings is 1. The Morgan fingerprint density at radius 2 is 2.13 bits per heavy atom. The largest absolute Gasteiger partial charge is 0.477 e. The summed E-state index contributed by atoms with van der Waals surface area (Å²) in [5, 5.41) is 0. The first-order valence-electron chi connectivity index (χ1n) is 8.06. The summed E-state index contributed by atoms with van der Waals surface area (Å²) >= 11 is 0. The normalized spacial score (nSPS) is 25.3. The van der Waals surface area contributed by atoms with Crippen LogP contribution in [0, 0.1) is 11.3 Å². The van der Waals surface area contributed by atoms with E-state index in [1.807, 2.05) is 18.2 Å². The van der Waals surface area contributed by atoms with E-state index in [-0.39, 0.29) is 11.3 Å². The molecule has 1 atom stereocenters. The molecule has 0 radical (unpaired) electrons. The minimum absolute atomic E-state index is 0.119. The van der Waals surface area contributed by atoms with Gasteiger partial charge in [0.2, 0.25) is 15.9 Å². The Morgan fingerprint density at radius 1 is 1.35 bits per heavy atom. The Kier molecular flexibility index (Phi) is 4.89. The third kappa shape index (κ3) is 3.84. The van der Waals surface area contributed by atoms with Gasteiger partial charge in [0.25, 0.3) is 0 Å². The van der Waals surface area contributed by atoms with E-state index in [1.165, 1.54) is 6.26 Å². The van der Waals surface area contributed by atoms with Crippen molar-refractivity contribution in [2.75, 3.05) is 39.2 Å². The van der Waals surface area contributed by atoms with E-state index >= 15 is 0 Å². The molecule has 0 aromatic carbocycles. The molecular formula is C16H24N2O4S. The van der Waals surface area contributed by atoms with Crippen molar-refractivity contribution in [3.05, 3.63) is 24.4 Å². The highest BCUT2D eigenvalue weighted by atomic mass is 32.2. The molecule has 0 unspecified atom stereocenters. The lowest BCUT2D eigenvalue weighted by molar-refractivity contribution is -0.0790. The van der Waals surface area contributed by atoms with Gasteiger partial charge >= 0.3 is 0 Å². The fraction of sp³-hybridized carbons (Fsp3) is 0.688. The molecule has 7 heteroatoms. The van der Waals surface area contributed by atoms with Crippen LogP contribution in [0.5, 0.6) is 5.88 Å². The highest BCUT2D eigenvalue weighted by Gasteiger charge is 2.45. The first-order valence-corrected chi connectivity index (χ1v) is 9.91. The molecule has 3 heterocycles. The summed E-state index contributed by atoms with van der Waals surface area (Å²) in [6.07, 6.45) is 5.73. The molecule has 0 saturated carbocycles. The average Bonchev–Trinajstić information content (AvgIpc) is 2.55. The van der Waals surface area contributed by atoms with E-state index in [9.17, 15) is 8.42 Å². The maximum absolute atomic E-state index is 11.7. The molecule has 1 spiro atoms. The van der Waals surface area contributed by atoms with Gasteiger partial charge in [0.1, 0.15) is 0 Å². The Hall–Kier alpha value is -1.18. The van der Waals surface area contributed by atoms with Crippen molar-refractivity contribution >= 4 is 10.0 Å². The number of aromatic nitrogens is 1. The van der Waals surface area contributed by atoms with Gasteiger partial charge < -0.3 is 9.47 Å². The summed E-state index contributed by atoms with van der Waals surface area (Å²) < 4.78 is 36.5. The maximum atomic E-state index is 11.7. The second kappa shape index (κ2) is 6.75. The third-order valence-corrected chi connectivity index (χ3v) is 6.49. The van der Waals surface area contributed by atoms with Crippen LogP contribution in [0.25, 0.3) is 0 Å². The van der Waals surface area contributed by atoms with E-state index in [2.05, 4.69) is 4.98 Å². The summed E-state index contributed by atoms with van der Waals surface area (Å²) in [6, 6.07) is 5.61. The smallest absolute Gasteiger partial charge is 0.213 e. The zero-order chi connectivity index (χ0) is 16.3. The van der Waals surface area contributed by atoms with Crippen molar-refractivity contribution in [2.45, 2.75) is 19.3 Å². The van der Waals surface area contributed by atoms with Gasteiger partial charge in [-0.3, -0.25) is 0 Å². The van der Waals surface area contributed by atoms with Crippen LogP contribution in [0.2, 0.25) is 0 Å². The van der Waals surface area contributed by atoms with Crippen molar-refractivity contribution in [3.63, 3.8) is 0 Å². The molecule has 1 aromatic heterocycles. The van der Waals surface area contributed by atoms with E-state index < -0.39 is 10.0 Å². The van der Waals surface area contributed by atoms with Gasteiger partial charge in [0.05, 0.1) is 19.5 Å². The predicted molar refractivity (Wildman–Crippen MR) is 86.7 cm³/mol. The van der Waals surface area contributed by atoms with Crippen LogP contribution in [-0.2, 0) is 14.8 Å². The second-order valence-corrected chi connectivity index (χ2v) is 8.51. The molecular weight excluding hydrogens is 316 g/mol. The monoisotopic (exact) mass is 340 g/mol. The van der Waals surface area contributed by atoms with Crippen molar-refractivity contribution in [2.24, 2.45) is 11.3 Å². The van der Waals surface area contributed by atoms with Crippen LogP contribution in [0.1, 0.15) is 19.3 Å². The molecule has 23 heavy (non-hydrogen) atoms. The Bertz CT molecular complexity index is 612. The van der Waals surface area contributed by atoms with Crippen molar-refractivity contribution in [3.8, 4) is 5.88 Å². The van der Waals surface area contributed by atoms with E-state index in [1.54, 1.807) is 10.5 Å². The fourth-order valence-corrected chi connectivity index (χ4v) is 4.49. The lowest BCUT2D eigenvalue weighted by Crippen LogP contribution is -2.50. The molecule has 2 fully saturated rings. The van der Waals surface area contributed by atoms with Gasteiger partial charge in [-0.2, -0.15) is 0 Å². The number of ether oxygens (including phenoxy) is 2. The predicted octanol–water partition coefficient (Wildman–Crippen LogP) is 1.54. The molecule has 1 aromatic rings. The standard InChI is InChI=1S/C16H24N2O4S/c1-23(19,20)18-9-5-16(6-10-18)7-11-21-12-14(16)13-22-15-4-2-3-8-17-15/h2-4,8,14H,5-7,9-13H2,1H3/t14-/m1/s1. The van der Waals surface area contributed by atoms with Gasteiger partial charge in [-0.15, -0.1) is 0 Å². The number of sulfonamides is 1. The highest BCUT2D eigenvalue weighted by molar-refractivity contribution is 7.88. The Balaban J connectivity index is 1.65. The molecule has 3 rings (SSSR count). The molecule has 0 amide bonds. The fourth-order valence-electron chi connectivity index (χ4n) is 3.65. The van der Waals surface area contributed by atoms with Gasteiger partial charge in [-0.1, -0.05) is 6.07 Å². The first kappa shape index (κ1) is 16.7. The van der Waals surface area contributed by atoms with Crippen LogP contribution in [0.4, 0.5) is 0 Å². The van der Waals surface area contributed by atoms with Crippen molar-refractivity contribution in [1.82, 2.24) is 9.29 Å².